The Bertz CT molecular complexity index is 222. The smallest absolute Gasteiger partial charge is 0.369 e. The molecule has 0 aromatic rings. The summed E-state index contributed by atoms with van der Waals surface area (Å²) < 4.78 is 35.5. The molecular weight excluding hydrogens is 163 g/mol. The van der Waals surface area contributed by atoms with E-state index in [1.165, 1.54) is 0 Å². The first-order valence-corrected chi connectivity index (χ1v) is 2.66. The number of alkyl halides is 3. The zero-order valence-electron chi connectivity index (χ0n) is 5.14. The fourth-order valence-corrected chi connectivity index (χ4v) is 0.647. The second-order valence-electron chi connectivity index (χ2n) is 2.07. The van der Waals surface area contributed by atoms with Crippen LogP contribution in [0, 0.1) is 0 Å². The minimum atomic E-state index is -4.95. The Balaban J connectivity index is 2.99. The van der Waals surface area contributed by atoms with Crippen molar-refractivity contribution in [2.75, 3.05) is 0 Å². The molecule has 0 spiro atoms. The lowest BCUT2D eigenvalue weighted by atomic mass is 10.1. The molecular formula is C5H4F3NO2. The lowest BCUT2D eigenvalue weighted by Crippen LogP contribution is -2.51. The van der Waals surface area contributed by atoms with Gasteiger partial charge in [-0.05, 0) is 6.08 Å². The molecule has 1 rings (SSSR count). The van der Waals surface area contributed by atoms with Gasteiger partial charge in [-0.25, -0.2) is 0 Å². The van der Waals surface area contributed by atoms with E-state index in [4.69, 9.17) is 5.11 Å². The maximum Gasteiger partial charge on any atom is 0.430 e. The number of carbonyl (C=O) groups is 1. The van der Waals surface area contributed by atoms with Crippen LogP contribution in [-0.2, 0) is 4.79 Å². The van der Waals surface area contributed by atoms with Crippen LogP contribution >= 0.6 is 0 Å². The van der Waals surface area contributed by atoms with E-state index >= 15 is 0 Å². The number of hydrogen-bond donors (Lipinski definition) is 2. The van der Waals surface area contributed by atoms with Gasteiger partial charge in [-0.3, -0.25) is 4.79 Å². The van der Waals surface area contributed by atoms with Crippen molar-refractivity contribution in [1.82, 2.24) is 5.32 Å². The summed E-state index contributed by atoms with van der Waals surface area (Å²) in [6.45, 7) is 0. The molecule has 0 aliphatic carbocycles. The van der Waals surface area contributed by atoms with Gasteiger partial charge in [0.2, 0.25) is 0 Å². The predicted octanol–water partition coefficient (Wildman–Crippen LogP) is -0.0767. The topological polar surface area (TPSA) is 49.3 Å². The van der Waals surface area contributed by atoms with E-state index in [-0.39, 0.29) is 0 Å². The van der Waals surface area contributed by atoms with Gasteiger partial charge in [0, 0.05) is 6.20 Å². The Labute approximate surface area is 59.5 Å². The molecule has 1 unspecified atom stereocenters. The first kappa shape index (κ1) is 8.06. The van der Waals surface area contributed by atoms with Crippen molar-refractivity contribution in [1.29, 1.82) is 0 Å². The fraction of sp³-hybridized carbons (Fsp3) is 0.400. The molecule has 0 fully saturated rings. The second kappa shape index (κ2) is 1.97. The highest BCUT2D eigenvalue weighted by molar-refractivity contribution is 5.91. The quantitative estimate of drug-likeness (QED) is 0.530. The Morgan fingerprint density at radius 2 is 2.09 bits per heavy atom. The third-order valence-electron chi connectivity index (χ3n) is 1.32. The maximum absolute atomic E-state index is 11.8. The minimum absolute atomic E-state index is 0.370. The van der Waals surface area contributed by atoms with Crippen molar-refractivity contribution >= 4 is 5.91 Å². The molecule has 0 saturated heterocycles. The monoisotopic (exact) mass is 167 g/mol. The van der Waals surface area contributed by atoms with Crippen LogP contribution in [0.2, 0.25) is 0 Å². The van der Waals surface area contributed by atoms with E-state index in [9.17, 15) is 18.0 Å². The summed E-state index contributed by atoms with van der Waals surface area (Å²) >= 11 is 0. The summed E-state index contributed by atoms with van der Waals surface area (Å²) in [5, 5.41) is 10.4. The van der Waals surface area contributed by atoms with Crippen LogP contribution in [0.25, 0.3) is 0 Å². The van der Waals surface area contributed by atoms with Gasteiger partial charge in [0.25, 0.3) is 11.5 Å². The van der Waals surface area contributed by atoms with Gasteiger partial charge in [0.1, 0.15) is 0 Å². The van der Waals surface area contributed by atoms with E-state index in [0.717, 1.165) is 6.20 Å². The van der Waals surface area contributed by atoms with Crippen LogP contribution in [0.15, 0.2) is 12.3 Å². The average molecular weight is 167 g/mol. The van der Waals surface area contributed by atoms with E-state index in [0.29, 0.717) is 6.08 Å². The van der Waals surface area contributed by atoms with Gasteiger partial charge >= 0.3 is 6.18 Å². The highest BCUT2D eigenvalue weighted by atomic mass is 19.4. The number of nitrogens with one attached hydrogen (secondary N) is 1. The fourth-order valence-electron chi connectivity index (χ4n) is 0.647. The molecule has 0 aromatic carbocycles. The molecule has 0 aromatic heterocycles. The zero-order chi connectivity index (χ0) is 8.70. The summed E-state index contributed by atoms with van der Waals surface area (Å²) in [7, 11) is 0. The SMILES string of the molecule is O=C1NC=CC1(O)C(F)(F)F. The third-order valence-corrected chi connectivity index (χ3v) is 1.32. The summed E-state index contributed by atoms with van der Waals surface area (Å²) in [4.78, 5) is 10.4. The zero-order valence-corrected chi connectivity index (χ0v) is 5.14. The lowest BCUT2D eigenvalue weighted by molar-refractivity contribution is -0.231. The van der Waals surface area contributed by atoms with E-state index < -0.39 is 17.7 Å². The van der Waals surface area contributed by atoms with Crippen molar-refractivity contribution < 1.29 is 23.1 Å². The number of amides is 1. The largest absolute Gasteiger partial charge is 0.430 e. The molecule has 0 saturated carbocycles. The standard InChI is InChI=1S/C5H4F3NO2/c6-5(7,8)4(11)1-2-9-3(4)10/h1-2,11H,(H,9,10). The van der Waals surface area contributed by atoms with Crippen molar-refractivity contribution in [3.63, 3.8) is 0 Å². The van der Waals surface area contributed by atoms with Crippen molar-refractivity contribution in [3.8, 4) is 0 Å². The molecule has 1 heterocycles. The molecule has 11 heavy (non-hydrogen) atoms. The van der Waals surface area contributed by atoms with E-state index in [1.54, 1.807) is 5.32 Å². The normalized spacial score (nSPS) is 30.7. The summed E-state index contributed by atoms with van der Waals surface area (Å²) in [6.07, 6.45) is -3.82. The van der Waals surface area contributed by atoms with Crippen molar-refractivity contribution in [2.45, 2.75) is 11.8 Å². The maximum atomic E-state index is 11.8. The highest BCUT2D eigenvalue weighted by Crippen LogP contribution is 2.33. The van der Waals surface area contributed by atoms with Crippen LogP contribution < -0.4 is 5.32 Å². The summed E-state index contributed by atoms with van der Waals surface area (Å²) in [6, 6.07) is 0. The first-order chi connectivity index (χ1) is 4.88. The van der Waals surface area contributed by atoms with Crippen LogP contribution in [0.4, 0.5) is 13.2 Å². The average Bonchev–Trinajstić information content (AvgIpc) is 2.12. The number of carbonyl (C=O) groups excluding carboxylic acids is 1. The Morgan fingerprint density at radius 3 is 2.27 bits per heavy atom. The number of halogens is 3. The first-order valence-electron chi connectivity index (χ1n) is 2.66. The molecule has 6 heteroatoms. The van der Waals surface area contributed by atoms with Crippen molar-refractivity contribution in [3.05, 3.63) is 12.3 Å². The van der Waals surface area contributed by atoms with Gasteiger partial charge in [0.15, 0.2) is 0 Å². The molecule has 62 valence electrons. The second-order valence-corrected chi connectivity index (χ2v) is 2.07. The van der Waals surface area contributed by atoms with Gasteiger partial charge < -0.3 is 10.4 Å². The summed E-state index contributed by atoms with van der Waals surface area (Å²) in [5.41, 5.74) is -3.34. The Hall–Kier alpha value is -1.04. The molecule has 3 nitrogen and oxygen atoms in total. The van der Waals surface area contributed by atoms with Crippen LogP contribution in [0.3, 0.4) is 0 Å². The van der Waals surface area contributed by atoms with E-state index in [1.807, 2.05) is 0 Å². The van der Waals surface area contributed by atoms with Gasteiger partial charge in [-0.2, -0.15) is 13.2 Å². The van der Waals surface area contributed by atoms with Gasteiger partial charge in [-0.1, -0.05) is 0 Å². The predicted molar refractivity (Wildman–Crippen MR) is 28.3 cm³/mol. The molecule has 1 aliphatic heterocycles. The van der Waals surface area contributed by atoms with E-state index in [2.05, 4.69) is 0 Å². The Kier molecular flexibility index (Phi) is 1.45. The molecule has 1 aliphatic rings. The molecule has 0 bridgehead atoms. The number of hydrogen-bond acceptors (Lipinski definition) is 2. The molecule has 1 amide bonds. The minimum Gasteiger partial charge on any atom is -0.369 e. The van der Waals surface area contributed by atoms with Gasteiger partial charge in [0.05, 0.1) is 0 Å². The molecule has 0 radical (unpaired) electrons. The molecule has 2 N–H and O–H groups in total. The van der Waals surface area contributed by atoms with Crippen LogP contribution in [-0.4, -0.2) is 22.8 Å². The summed E-state index contributed by atoms with van der Waals surface area (Å²) in [5.74, 6) is -1.47. The van der Waals surface area contributed by atoms with Crippen LogP contribution in [0.1, 0.15) is 0 Å². The van der Waals surface area contributed by atoms with Crippen LogP contribution in [0.5, 0.6) is 0 Å². The van der Waals surface area contributed by atoms with Crippen molar-refractivity contribution in [2.24, 2.45) is 0 Å². The number of aliphatic hydroxyl groups is 1. The van der Waals surface area contributed by atoms with Gasteiger partial charge in [-0.15, -0.1) is 0 Å². The number of rotatable bonds is 0. The molecule has 1 atom stereocenters. The third kappa shape index (κ3) is 0.988. The highest BCUT2D eigenvalue weighted by Gasteiger charge is 2.59. The Morgan fingerprint density at radius 1 is 1.55 bits per heavy atom. The lowest BCUT2D eigenvalue weighted by Gasteiger charge is -2.20.